The van der Waals surface area contributed by atoms with E-state index < -0.39 is 0 Å². The molecule has 3 aromatic rings. The van der Waals surface area contributed by atoms with E-state index in [1.807, 2.05) is 44.3 Å². The molecular weight excluding hydrogens is 410 g/mol. The van der Waals surface area contributed by atoms with Crippen LogP contribution in [0.3, 0.4) is 0 Å². The molecule has 1 aromatic carbocycles. The molecule has 2 aromatic heterocycles. The van der Waals surface area contributed by atoms with Gasteiger partial charge in [-0.05, 0) is 57.0 Å². The van der Waals surface area contributed by atoms with Crippen molar-refractivity contribution in [1.29, 1.82) is 0 Å². The van der Waals surface area contributed by atoms with Gasteiger partial charge in [0.05, 0.1) is 18.5 Å². The van der Waals surface area contributed by atoms with Crippen LogP contribution in [0.5, 0.6) is 5.75 Å². The predicted molar refractivity (Wildman–Crippen MR) is 120 cm³/mol. The first-order valence-corrected chi connectivity index (χ1v) is 10.7. The molecule has 0 bridgehead atoms. The number of aromatic nitrogens is 5. The SMILES string of the molecule is CC(C)n1cc(-c2ccnc(Nc3ccc(OCCCCCCC(=O)NO)cc3)n2)nn1. The summed E-state index contributed by atoms with van der Waals surface area (Å²) in [6.45, 7) is 4.70. The van der Waals surface area contributed by atoms with E-state index in [4.69, 9.17) is 9.94 Å². The largest absolute Gasteiger partial charge is 0.494 e. The molecule has 3 N–H and O–H groups in total. The fraction of sp³-hybridized carbons (Fsp3) is 0.409. The molecule has 170 valence electrons. The number of benzene rings is 1. The Balaban J connectivity index is 1.45. The van der Waals surface area contributed by atoms with Crippen LogP contribution in [0.4, 0.5) is 11.6 Å². The minimum atomic E-state index is -0.342. The zero-order chi connectivity index (χ0) is 22.8. The normalized spacial score (nSPS) is 10.9. The van der Waals surface area contributed by atoms with E-state index >= 15 is 0 Å². The Morgan fingerprint density at radius 2 is 1.88 bits per heavy atom. The highest BCUT2D eigenvalue weighted by Gasteiger charge is 2.09. The highest BCUT2D eigenvalue weighted by molar-refractivity contribution is 5.74. The lowest BCUT2D eigenvalue weighted by Gasteiger charge is -2.09. The van der Waals surface area contributed by atoms with Crippen molar-refractivity contribution in [3.05, 3.63) is 42.7 Å². The topological polar surface area (TPSA) is 127 Å². The summed E-state index contributed by atoms with van der Waals surface area (Å²) in [4.78, 5) is 19.7. The van der Waals surface area contributed by atoms with E-state index in [2.05, 4.69) is 25.6 Å². The van der Waals surface area contributed by atoms with Gasteiger partial charge in [0.1, 0.15) is 11.4 Å². The van der Waals surface area contributed by atoms with Crippen LogP contribution in [-0.2, 0) is 4.79 Å². The Bertz CT molecular complexity index is 989. The number of nitrogens with one attached hydrogen (secondary N) is 2. The number of hydrogen-bond acceptors (Lipinski definition) is 8. The highest BCUT2D eigenvalue weighted by Crippen LogP contribution is 2.21. The molecule has 2 heterocycles. The maximum Gasteiger partial charge on any atom is 0.243 e. The first kappa shape index (κ1) is 23.1. The fourth-order valence-corrected chi connectivity index (χ4v) is 2.96. The maximum absolute atomic E-state index is 10.9. The second kappa shape index (κ2) is 11.8. The summed E-state index contributed by atoms with van der Waals surface area (Å²) in [6.07, 6.45) is 7.45. The molecule has 0 aliphatic carbocycles. The van der Waals surface area contributed by atoms with Crippen molar-refractivity contribution in [2.45, 2.75) is 52.0 Å². The number of unbranched alkanes of at least 4 members (excludes halogenated alkanes) is 3. The molecular formula is C22H29N7O3. The van der Waals surface area contributed by atoms with Crippen LogP contribution in [-0.4, -0.2) is 42.7 Å². The fourth-order valence-electron chi connectivity index (χ4n) is 2.96. The zero-order valence-electron chi connectivity index (χ0n) is 18.4. The Morgan fingerprint density at radius 1 is 1.09 bits per heavy atom. The molecule has 3 rings (SSSR count). The van der Waals surface area contributed by atoms with Crippen LogP contribution in [0.1, 0.15) is 52.0 Å². The van der Waals surface area contributed by atoms with E-state index in [9.17, 15) is 4.79 Å². The number of carbonyl (C=O) groups excluding carboxylic acids is 1. The average molecular weight is 440 g/mol. The monoisotopic (exact) mass is 439 g/mol. The number of carbonyl (C=O) groups is 1. The van der Waals surface area contributed by atoms with E-state index in [0.717, 1.165) is 37.1 Å². The summed E-state index contributed by atoms with van der Waals surface area (Å²) in [7, 11) is 0. The Morgan fingerprint density at radius 3 is 2.59 bits per heavy atom. The molecule has 10 heteroatoms. The third-order valence-electron chi connectivity index (χ3n) is 4.76. The van der Waals surface area contributed by atoms with Gasteiger partial charge in [-0.3, -0.25) is 10.0 Å². The third-order valence-corrected chi connectivity index (χ3v) is 4.76. The van der Waals surface area contributed by atoms with Crippen LogP contribution in [0.15, 0.2) is 42.7 Å². The number of hydrogen-bond donors (Lipinski definition) is 3. The zero-order valence-corrected chi connectivity index (χ0v) is 18.4. The van der Waals surface area contributed by atoms with Crippen molar-refractivity contribution in [2.24, 2.45) is 0 Å². The Labute approximate surface area is 187 Å². The minimum absolute atomic E-state index is 0.233. The lowest BCUT2D eigenvalue weighted by atomic mass is 10.1. The number of hydroxylamine groups is 1. The molecule has 0 aliphatic heterocycles. The lowest BCUT2D eigenvalue weighted by Crippen LogP contribution is -2.17. The van der Waals surface area contributed by atoms with Crippen LogP contribution in [0, 0.1) is 0 Å². The predicted octanol–water partition coefficient (Wildman–Crippen LogP) is 3.89. The van der Waals surface area contributed by atoms with E-state index in [-0.39, 0.29) is 11.9 Å². The third kappa shape index (κ3) is 7.02. The first-order chi connectivity index (χ1) is 15.5. The van der Waals surface area contributed by atoms with Crippen LogP contribution < -0.4 is 15.5 Å². The standard InChI is InChI=1S/C22H29N7O3/c1-16(2)29-15-20(26-28-29)19-12-13-23-22(25-19)24-17-8-10-18(11-9-17)32-14-6-4-3-5-7-21(30)27-31/h8-13,15-16,31H,3-7,14H2,1-2H3,(H,27,30)(H,23,24,25). The Kier molecular flexibility index (Phi) is 8.50. The quantitative estimate of drug-likeness (QED) is 0.220. The molecule has 0 unspecified atom stereocenters. The van der Waals surface area contributed by atoms with Crippen LogP contribution in [0.25, 0.3) is 11.4 Å². The van der Waals surface area contributed by atoms with Gasteiger partial charge < -0.3 is 10.1 Å². The molecule has 0 spiro atoms. The van der Waals surface area contributed by atoms with Crippen molar-refractivity contribution >= 4 is 17.5 Å². The van der Waals surface area contributed by atoms with Gasteiger partial charge in [0, 0.05) is 24.3 Å². The van der Waals surface area contributed by atoms with Crippen molar-refractivity contribution in [1.82, 2.24) is 30.4 Å². The van der Waals surface area contributed by atoms with E-state index in [1.54, 1.807) is 22.4 Å². The van der Waals surface area contributed by atoms with Crippen molar-refractivity contribution in [3.63, 3.8) is 0 Å². The molecule has 0 saturated carbocycles. The second-order valence-corrected chi connectivity index (χ2v) is 7.64. The molecule has 0 radical (unpaired) electrons. The number of nitrogens with zero attached hydrogens (tertiary/aromatic N) is 5. The van der Waals surface area contributed by atoms with Gasteiger partial charge >= 0.3 is 0 Å². The van der Waals surface area contributed by atoms with Gasteiger partial charge in [-0.15, -0.1) is 5.10 Å². The molecule has 32 heavy (non-hydrogen) atoms. The van der Waals surface area contributed by atoms with Gasteiger partial charge in [-0.25, -0.2) is 20.1 Å². The number of rotatable bonds is 12. The molecule has 0 atom stereocenters. The summed E-state index contributed by atoms with van der Waals surface area (Å²) >= 11 is 0. The number of anilines is 2. The number of amides is 1. The molecule has 0 aliphatic rings. The van der Waals surface area contributed by atoms with Gasteiger partial charge in [0.15, 0.2) is 0 Å². The van der Waals surface area contributed by atoms with Gasteiger partial charge in [0.2, 0.25) is 11.9 Å². The van der Waals surface area contributed by atoms with Crippen molar-refractivity contribution in [2.75, 3.05) is 11.9 Å². The summed E-state index contributed by atoms with van der Waals surface area (Å²) in [5.74, 6) is 0.923. The van der Waals surface area contributed by atoms with Crippen molar-refractivity contribution < 1.29 is 14.7 Å². The Hall–Kier alpha value is -3.53. The van der Waals surface area contributed by atoms with Gasteiger partial charge in [-0.2, -0.15) is 0 Å². The van der Waals surface area contributed by atoms with Crippen molar-refractivity contribution in [3.8, 4) is 17.1 Å². The number of ether oxygens (including phenoxy) is 1. The summed E-state index contributed by atoms with van der Waals surface area (Å²) < 4.78 is 7.55. The molecule has 0 saturated heterocycles. The first-order valence-electron chi connectivity index (χ1n) is 10.7. The minimum Gasteiger partial charge on any atom is -0.494 e. The molecule has 1 amide bonds. The van der Waals surface area contributed by atoms with Gasteiger partial charge in [-0.1, -0.05) is 18.1 Å². The summed E-state index contributed by atoms with van der Waals surface area (Å²) in [5, 5.41) is 19.9. The molecule has 0 fully saturated rings. The van der Waals surface area contributed by atoms with Crippen LogP contribution in [0.2, 0.25) is 0 Å². The summed E-state index contributed by atoms with van der Waals surface area (Å²) in [6, 6.07) is 9.65. The lowest BCUT2D eigenvalue weighted by molar-refractivity contribution is -0.129. The van der Waals surface area contributed by atoms with E-state index in [1.165, 1.54) is 0 Å². The summed E-state index contributed by atoms with van der Waals surface area (Å²) in [5.41, 5.74) is 3.89. The average Bonchev–Trinajstić information content (AvgIpc) is 3.30. The van der Waals surface area contributed by atoms with E-state index in [0.29, 0.717) is 30.4 Å². The molecule has 10 nitrogen and oxygen atoms in total. The van der Waals surface area contributed by atoms with Crippen LogP contribution >= 0.6 is 0 Å². The second-order valence-electron chi connectivity index (χ2n) is 7.64. The highest BCUT2D eigenvalue weighted by atomic mass is 16.5. The smallest absolute Gasteiger partial charge is 0.243 e. The van der Waals surface area contributed by atoms with Gasteiger partial charge in [0.25, 0.3) is 0 Å². The maximum atomic E-state index is 10.9.